The quantitative estimate of drug-likeness (QED) is 0.783. The average molecular weight is 333 g/mol. The molecule has 6 nitrogen and oxygen atoms in total. The number of fused-ring (bicyclic) bond motifs is 1. The minimum absolute atomic E-state index is 0.0694. The van der Waals surface area contributed by atoms with Crippen LogP contribution in [0.4, 0.5) is 10.1 Å². The number of piperidine rings is 1. The van der Waals surface area contributed by atoms with E-state index in [-0.39, 0.29) is 24.4 Å². The number of ether oxygens (including phenoxy) is 1. The molecule has 2 amide bonds. The molecule has 1 unspecified atom stereocenters. The minimum Gasteiger partial charge on any atom is -0.491 e. The van der Waals surface area contributed by atoms with Crippen LogP contribution in [0, 0.1) is 5.82 Å². The van der Waals surface area contributed by atoms with E-state index in [2.05, 4.69) is 5.32 Å². The zero-order valence-electron chi connectivity index (χ0n) is 13.5. The summed E-state index contributed by atoms with van der Waals surface area (Å²) in [5.74, 6) is -1.11. The predicted octanol–water partition coefficient (Wildman–Crippen LogP) is 0.817. The first-order chi connectivity index (χ1) is 11.5. The van der Waals surface area contributed by atoms with Crippen LogP contribution in [0.25, 0.3) is 0 Å². The normalized spacial score (nSPS) is 29.0. The van der Waals surface area contributed by atoms with Gasteiger partial charge >= 0.3 is 0 Å². The lowest BCUT2D eigenvalue weighted by molar-refractivity contribution is -0.134. The van der Waals surface area contributed by atoms with Crippen molar-refractivity contribution in [3.05, 3.63) is 23.0 Å². The van der Waals surface area contributed by atoms with E-state index < -0.39 is 17.6 Å². The fourth-order valence-electron chi connectivity index (χ4n) is 3.86. The van der Waals surface area contributed by atoms with Gasteiger partial charge in [-0.15, -0.1) is 0 Å². The van der Waals surface area contributed by atoms with Crippen molar-refractivity contribution in [2.75, 3.05) is 18.1 Å². The molecule has 3 N–H and O–H groups in total. The molecule has 7 heteroatoms. The highest BCUT2D eigenvalue weighted by Crippen LogP contribution is 2.45. The van der Waals surface area contributed by atoms with Crippen LogP contribution in [0.5, 0.6) is 5.75 Å². The van der Waals surface area contributed by atoms with Gasteiger partial charge in [-0.3, -0.25) is 14.9 Å². The second kappa shape index (κ2) is 5.44. The molecule has 1 aromatic carbocycles. The standard InChI is InChI=1S/C17H20FN3O3/c1-8-12(19)7-21(8)13-6-11(18)15(9-4-5-24-16(9)13)10-2-3-14(22)20-17(10)23/h6,8,10,12H,2-5,7,19H2,1H3,(H,20,22,23)/t8-,10?,12+/m0/s1. The summed E-state index contributed by atoms with van der Waals surface area (Å²) in [7, 11) is 0. The second-order valence-corrected chi connectivity index (χ2v) is 6.76. The highest BCUT2D eigenvalue weighted by molar-refractivity contribution is 6.01. The number of hydrogen-bond acceptors (Lipinski definition) is 5. The number of hydrogen-bond donors (Lipinski definition) is 2. The van der Waals surface area contributed by atoms with Crippen molar-refractivity contribution in [1.29, 1.82) is 0 Å². The Morgan fingerprint density at radius 3 is 2.83 bits per heavy atom. The van der Waals surface area contributed by atoms with Crippen molar-refractivity contribution >= 4 is 17.5 Å². The smallest absolute Gasteiger partial charge is 0.234 e. The van der Waals surface area contributed by atoms with Crippen LogP contribution >= 0.6 is 0 Å². The number of rotatable bonds is 2. The van der Waals surface area contributed by atoms with Crippen molar-refractivity contribution in [1.82, 2.24) is 5.32 Å². The lowest BCUT2D eigenvalue weighted by Gasteiger charge is -2.46. The molecule has 0 saturated carbocycles. The van der Waals surface area contributed by atoms with Gasteiger partial charge in [-0.25, -0.2) is 4.39 Å². The molecular formula is C17H20FN3O3. The van der Waals surface area contributed by atoms with Gasteiger partial charge in [0, 0.05) is 48.7 Å². The molecule has 3 aliphatic rings. The molecule has 3 atom stereocenters. The number of anilines is 1. The summed E-state index contributed by atoms with van der Waals surface area (Å²) < 4.78 is 20.7. The minimum atomic E-state index is -0.636. The third-order valence-corrected chi connectivity index (χ3v) is 5.37. The summed E-state index contributed by atoms with van der Waals surface area (Å²) in [6.45, 7) is 3.13. The molecule has 24 heavy (non-hydrogen) atoms. The van der Waals surface area contributed by atoms with Crippen LogP contribution in [-0.2, 0) is 16.0 Å². The summed E-state index contributed by atoms with van der Waals surface area (Å²) in [6.07, 6.45) is 1.13. The number of halogens is 1. The van der Waals surface area contributed by atoms with Crippen LogP contribution in [-0.4, -0.2) is 37.0 Å². The Balaban J connectivity index is 1.76. The van der Waals surface area contributed by atoms with Gasteiger partial charge in [0.25, 0.3) is 0 Å². The molecule has 2 saturated heterocycles. The van der Waals surface area contributed by atoms with Gasteiger partial charge in [-0.2, -0.15) is 0 Å². The van der Waals surface area contributed by atoms with Crippen LogP contribution in [0.2, 0.25) is 0 Å². The van der Waals surface area contributed by atoms with Crippen molar-refractivity contribution < 1.29 is 18.7 Å². The van der Waals surface area contributed by atoms with E-state index in [0.717, 1.165) is 5.56 Å². The molecule has 4 rings (SSSR count). The van der Waals surface area contributed by atoms with Crippen LogP contribution in [0.1, 0.15) is 36.8 Å². The first-order valence-corrected chi connectivity index (χ1v) is 8.31. The maximum absolute atomic E-state index is 14.9. The lowest BCUT2D eigenvalue weighted by atomic mass is 9.85. The number of nitrogens with zero attached hydrogens (tertiary/aromatic N) is 1. The first-order valence-electron chi connectivity index (χ1n) is 8.31. The van der Waals surface area contributed by atoms with Gasteiger partial charge in [-0.05, 0) is 13.3 Å². The predicted molar refractivity (Wildman–Crippen MR) is 85.5 cm³/mol. The van der Waals surface area contributed by atoms with Crippen molar-refractivity contribution in [3.8, 4) is 5.75 Å². The van der Waals surface area contributed by atoms with E-state index >= 15 is 0 Å². The topological polar surface area (TPSA) is 84.7 Å². The molecule has 0 bridgehead atoms. The van der Waals surface area contributed by atoms with E-state index in [4.69, 9.17) is 10.5 Å². The number of imide groups is 1. The molecule has 2 fully saturated rings. The van der Waals surface area contributed by atoms with Gasteiger partial charge in [0.15, 0.2) is 0 Å². The van der Waals surface area contributed by atoms with Gasteiger partial charge in [-0.1, -0.05) is 0 Å². The molecule has 0 spiro atoms. The van der Waals surface area contributed by atoms with Gasteiger partial charge in [0.1, 0.15) is 11.6 Å². The summed E-state index contributed by atoms with van der Waals surface area (Å²) in [5.41, 5.74) is 7.80. The third kappa shape index (κ3) is 2.18. The third-order valence-electron chi connectivity index (χ3n) is 5.37. The Labute approximate surface area is 139 Å². The molecule has 0 aromatic heterocycles. The van der Waals surface area contributed by atoms with Crippen molar-refractivity contribution in [3.63, 3.8) is 0 Å². The maximum Gasteiger partial charge on any atom is 0.234 e. The van der Waals surface area contributed by atoms with E-state index in [9.17, 15) is 14.0 Å². The monoisotopic (exact) mass is 333 g/mol. The van der Waals surface area contributed by atoms with Crippen molar-refractivity contribution in [2.24, 2.45) is 5.73 Å². The highest BCUT2D eigenvalue weighted by Gasteiger charge is 2.39. The number of carbonyl (C=O) groups is 2. The van der Waals surface area contributed by atoms with E-state index in [0.29, 0.717) is 43.0 Å². The van der Waals surface area contributed by atoms with Gasteiger partial charge in [0.05, 0.1) is 18.2 Å². The van der Waals surface area contributed by atoms with E-state index in [1.165, 1.54) is 6.07 Å². The molecule has 128 valence electrons. The fourth-order valence-corrected chi connectivity index (χ4v) is 3.86. The highest BCUT2D eigenvalue weighted by atomic mass is 19.1. The van der Waals surface area contributed by atoms with Crippen LogP contribution in [0.3, 0.4) is 0 Å². The molecule has 0 aliphatic carbocycles. The zero-order valence-corrected chi connectivity index (χ0v) is 13.5. The molecule has 3 heterocycles. The van der Waals surface area contributed by atoms with Crippen LogP contribution < -0.4 is 20.7 Å². The Bertz CT molecular complexity index is 736. The summed E-state index contributed by atoms with van der Waals surface area (Å²) in [4.78, 5) is 25.6. The zero-order chi connectivity index (χ0) is 17.0. The number of nitrogens with one attached hydrogen (secondary N) is 1. The lowest BCUT2D eigenvalue weighted by Crippen LogP contribution is -2.63. The maximum atomic E-state index is 14.9. The first kappa shape index (κ1) is 15.4. The summed E-state index contributed by atoms with van der Waals surface area (Å²) in [6, 6.07) is 1.64. The van der Waals surface area contributed by atoms with Gasteiger partial charge in [0.2, 0.25) is 11.8 Å². The number of carbonyl (C=O) groups excluding carboxylic acids is 2. The molecule has 1 aromatic rings. The SMILES string of the molecule is C[C@H]1[C@H](N)CN1c1cc(F)c(C2CCC(=O)NC2=O)c2c1OCC2. The Morgan fingerprint density at radius 1 is 1.38 bits per heavy atom. The van der Waals surface area contributed by atoms with E-state index in [1.807, 2.05) is 11.8 Å². The Hall–Kier alpha value is -2.15. The Morgan fingerprint density at radius 2 is 2.17 bits per heavy atom. The molecule has 3 aliphatic heterocycles. The number of nitrogens with two attached hydrogens (primary N) is 1. The average Bonchev–Trinajstić information content (AvgIpc) is 3.02. The van der Waals surface area contributed by atoms with Crippen LogP contribution in [0.15, 0.2) is 6.07 Å². The second-order valence-electron chi connectivity index (χ2n) is 6.76. The molecule has 0 radical (unpaired) electrons. The molecular weight excluding hydrogens is 313 g/mol. The fraction of sp³-hybridized carbons (Fsp3) is 0.529. The largest absolute Gasteiger partial charge is 0.491 e. The summed E-state index contributed by atoms with van der Waals surface area (Å²) >= 11 is 0. The summed E-state index contributed by atoms with van der Waals surface area (Å²) in [5, 5.41) is 2.31. The number of amides is 2. The van der Waals surface area contributed by atoms with Gasteiger partial charge < -0.3 is 15.4 Å². The Kier molecular flexibility index (Phi) is 3.49. The van der Waals surface area contributed by atoms with E-state index in [1.54, 1.807) is 0 Å². The number of benzene rings is 1. The van der Waals surface area contributed by atoms with Crippen molar-refractivity contribution in [2.45, 2.75) is 44.2 Å².